The van der Waals surface area contributed by atoms with Gasteiger partial charge in [-0.2, -0.15) is 8.42 Å². The van der Waals surface area contributed by atoms with Gasteiger partial charge in [0.2, 0.25) is 0 Å². The Balaban J connectivity index is 2.60. The highest BCUT2D eigenvalue weighted by atomic mass is 32.3. The summed E-state index contributed by atoms with van der Waals surface area (Å²) in [4.78, 5) is 0. The molecule has 1 heterocycles. The summed E-state index contributed by atoms with van der Waals surface area (Å²) in [5.41, 5.74) is 2.07. The highest BCUT2D eigenvalue weighted by Gasteiger charge is 2.29. The average molecular weight is 168 g/mol. The number of hydrazine groups is 1. The van der Waals surface area contributed by atoms with Crippen LogP contribution in [0.2, 0.25) is 0 Å². The van der Waals surface area contributed by atoms with Crippen LogP contribution < -0.4 is 5.59 Å². The highest BCUT2D eigenvalue weighted by molar-refractivity contribution is 7.81. The summed E-state index contributed by atoms with van der Waals surface area (Å²) in [6.07, 6.45) is 0. The zero-order valence-electron chi connectivity index (χ0n) is 5.57. The Hall–Kier alpha value is -0.210. The quantitative estimate of drug-likeness (QED) is 0.559. The summed E-state index contributed by atoms with van der Waals surface area (Å²) in [5.74, 6) is 0. The predicted octanol–water partition coefficient (Wildman–Crippen LogP) is -0.677. The molecule has 0 aliphatic carbocycles. The van der Waals surface area contributed by atoms with Crippen LogP contribution in [0.5, 0.6) is 0 Å². The van der Waals surface area contributed by atoms with Crippen molar-refractivity contribution in [3.8, 4) is 0 Å². The van der Waals surface area contributed by atoms with Crippen molar-refractivity contribution in [1.29, 1.82) is 0 Å². The molecule has 0 aromatic heterocycles. The van der Waals surface area contributed by atoms with E-state index < -0.39 is 10.4 Å². The third-order valence-corrected chi connectivity index (χ3v) is 1.49. The Morgan fingerprint density at radius 3 is 2.30 bits per heavy atom. The van der Waals surface area contributed by atoms with Crippen molar-refractivity contribution in [2.75, 3.05) is 0 Å². The molecule has 1 fully saturated rings. The van der Waals surface area contributed by atoms with Crippen LogP contribution in [-0.2, 0) is 19.0 Å². The van der Waals surface area contributed by atoms with Crippen LogP contribution in [0.4, 0.5) is 0 Å². The highest BCUT2D eigenvalue weighted by Crippen LogP contribution is 2.08. The zero-order chi connectivity index (χ0) is 7.78. The molecule has 0 bridgehead atoms. The standard InChI is InChI=1S/C3H8N2O4S/c1-3(2)5-4-8-10(6,7)9-5/h3-4H,1-2H3. The fourth-order valence-corrected chi connectivity index (χ4v) is 0.997. The van der Waals surface area contributed by atoms with Gasteiger partial charge in [0.05, 0.1) is 0 Å². The molecule has 0 atom stereocenters. The summed E-state index contributed by atoms with van der Waals surface area (Å²) in [6.45, 7) is 3.49. The second kappa shape index (κ2) is 2.44. The molecule has 1 N–H and O–H groups in total. The number of nitrogens with zero attached hydrogens (tertiary/aromatic N) is 1. The minimum atomic E-state index is -3.83. The van der Waals surface area contributed by atoms with E-state index >= 15 is 0 Å². The van der Waals surface area contributed by atoms with E-state index in [1.165, 1.54) is 0 Å². The van der Waals surface area contributed by atoms with E-state index in [0.29, 0.717) is 0 Å². The van der Waals surface area contributed by atoms with Crippen LogP contribution >= 0.6 is 0 Å². The van der Waals surface area contributed by atoms with Crippen molar-refractivity contribution in [2.24, 2.45) is 0 Å². The van der Waals surface area contributed by atoms with Gasteiger partial charge >= 0.3 is 10.4 Å². The average Bonchev–Trinajstić information content (AvgIpc) is 2.10. The molecule has 0 saturated carbocycles. The molecule has 60 valence electrons. The van der Waals surface area contributed by atoms with Gasteiger partial charge in [-0.05, 0) is 13.8 Å². The summed E-state index contributed by atoms with van der Waals surface area (Å²) >= 11 is 0. The molecule has 1 aliphatic rings. The Kier molecular flexibility index (Phi) is 1.92. The molecular weight excluding hydrogens is 160 g/mol. The van der Waals surface area contributed by atoms with Crippen LogP contribution in [0.25, 0.3) is 0 Å². The number of rotatable bonds is 1. The first kappa shape index (κ1) is 7.89. The molecule has 7 heteroatoms. The van der Waals surface area contributed by atoms with E-state index in [1.807, 2.05) is 0 Å². The molecule has 0 spiro atoms. The van der Waals surface area contributed by atoms with Gasteiger partial charge in [0.15, 0.2) is 0 Å². The lowest BCUT2D eigenvalue weighted by molar-refractivity contribution is -0.137. The van der Waals surface area contributed by atoms with Crippen LogP contribution in [0.1, 0.15) is 13.8 Å². The summed E-state index contributed by atoms with van der Waals surface area (Å²) in [6, 6.07) is -0.0997. The van der Waals surface area contributed by atoms with Crippen LogP contribution in [0.15, 0.2) is 0 Å². The Bertz CT molecular complexity index is 211. The zero-order valence-corrected chi connectivity index (χ0v) is 6.38. The first-order chi connectivity index (χ1) is 4.51. The molecule has 0 unspecified atom stereocenters. The van der Waals surface area contributed by atoms with Crippen molar-refractivity contribution in [3.63, 3.8) is 0 Å². The molecule has 6 nitrogen and oxygen atoms in total. The molecule has 0 aromatic rings. The van der Waals surface area contributed by atoms with E-state index in [2.05, 4.69) is 14.2 Å². The van der Waals surface area contributed by atoms with Crippen molar-refractivity contribution < 1.29 is 17.0 Å². The normalized spacial score (nSPS) is 25.9. The van der Waals surface area contributed by atoms with Gasteiger partial charge in [-0.3, -0.25) is 0 Å². The van der Waals surface area contributed by atoms with Crippen molar-refractivity contribution in [2.45, 2.75) is 19.9 Å². The summed E-state index contributed by atoms with van der Waals surface area (Å²) in [5, 5.41) is 0.995. The fourth-order valence-electron chi connectivity index (χ4n) is 0.403. The van der Waals surface area contributed by atoms with E-state index in [0.717, 1.165) is 5.17 Å². The molecule has 0 amide bonds. The lowest BCUT2D eigenvalue weighted by Gasteiger charge is -2.11. The minimum Gasteiger partial charge on any atom is -0.166 e. The maximum absolute atomic E-state index is 10.4. The Morgan fingerprint density at radius 2 is 2.10 bits per heavy atom. The van der Waals surface area contributed by atoms with E-state index in [9.17, 15) is 8.42 Å². The van der Waals surface area contributed by atoms with Crippen molar-refractivity contribution >= 4 is 10.4 Å². The van der Waals surface area contributed by atoms with E-state index in [1.54, 1.807) is 13.8 Å². The predicted molar refractivity (Wildman–Crippen MR) is 31.2 cm³/mol. The molecule has 0 aromatic carbocycles. The molecule has 10 heavy (non-hydrogen) atoms. The summed E-state index contributed by atoms with van der Waals surface area (Å²) in [7, 11) is -3.83. The van der Waals surface area contributed by atoms with Crippen LogP contribution in [0.3, 0.4) is 0 Å². The molecule has 0 radical (unpaired) electrons. The molecular formula is C3H8N2O4S. The molecule has 1 aliphatic heterocycles. The SMILES string of the molecule is CC(C)N1NOS(=O)(=O)O1. The smallest absolute Gasteiger partial charge is 0.166 e. The third-order valence-electron chi connectivity index (χ3n) is 0.870. The minimum absolute atomic E-state index is 0.0997. The van der Waals surface area contributed by atoms with E-state index in [4.69, 9.17) is 0 Å². The first-order valence-electron chi connectivity index (χ1n) is 2.69. The van der Waals surface area contributed by atoms with Crippen molar-refractivity contribution in [3.05, 3.63) is 0 Å². The van der Waals surface area contributed by atoms with Crippen molar-refractivity contribution in [1.82, 2.24) is 10.8 Å². The number of hydrogen-bond acceptors (Lipinski definition) is 6. The number of hydroxylamine groups is 1. The Labute approximate surface area is 58.9 Å². The van der Waals surface area contributed by atoms with Gasteiger partial charge in [0.1, 0.15) is 0 Å². The maximum atomic E-state index is 10.4. The van der Waals surface area contributed by atoms with Crippen LogP contribution in [0, 0.1) is 0 Å². The van der Waals surface area contributed by atoms with Gasteiger partial charge in [0.25, 0.3) is 0 Å². The molecule has 1 saturated heterocycles. The van der Waals surface area contributed by atoms with Gasteiger partial charge in [-0.1, -0.05) is 10.8 Å². The second-order valence-electron chi connectivity index (χ2n) is 2.08. The number of hydrogen-bond donors (Lipinski definition) is 1. The van der Waals surface area contributed by atoms with Gasteiger partial charge in [-0.15, -0.1) is 8.57 Å². The van der Waals surface area contributed by atoms with Gasteiger partial charge < -0.3 is 0 Å². The largest absolute Gasteiger partial charge is 0.435 e. The maximum Gasteiger partial charge on any atom is 0.435 e. The monoisotopic (exact) mass is 168 g/mol. The lowest BCUT2D eigenvalue weighted by atomic mass is 10.4. The lowest BCUT2D eigenvalue weighted by Crippen LogP contribution is -2.35. The van der Waals surface area contributed by atoms with Gasteiger partial charge in [-0.25, -0.2) is 0 Å². The Morgan fingerprint density at radius 1 is 1.50 bits per heavy atom. The number of nitrogens with one attached hydrogen (secondary N) is 1. The second-order valence-corrected chi connectivity index (χ2v) is 3.21. The third kappa shape index (κ3) is 1.64. The summed E-state index contributed by atoms with van der Waals surface area (Å²) < 4.78 is 29.1. The molecule has 1 rings (SSSR count). The first-order valence-corrected chi connectivity index (χ1v) is 4.02. The fraction of sp³-hybridized carbons (Fsp3) is 1.00. The topological polar surface area (TPSA) is 67.9 Å². The van der Waals surface area contributed by atoms with Crippen LogP contribution in [-0.4, -0.2) is 19.6 Å². The van der Waals surface area contributed by atoms with E-state index in [-0.39, 0.29) is 6.04 Å². The van der Waals surface area contributed by atoms with Gasteiger partial charge in [0, 0.05) is 6.04 Å².